The van der Waals surface area contributed by atoms with Crippen LogP contribution in [0.25, 0.3) is 0 Å². The van der Waals surface area contributed by atoms with Crippen molar-refractivity contribution < 1.29 is 4.79 Å². The highest BCUT2D eigenvalue weighted by molar-refractivity contribution is 5.94. The maximum absolute atomic E-state index is 12.0. The van der Waals surface area contributed by atoms with Crippen LogP contribution in [0.2, 0.25) is 0 Å². The molecule has 2 fully saturated rings. The Labute approximate surface area is 161 Å². The number of carbonyl (C=O) groups is 1. The van der Waals surface area contributed by atoms with Crippen LogP contribution in [0.3, 0.4) is 0 Å². The second-order valence-corrected chi connectivity index (χ2v) is 7.68. The number of imidazole rings is 1. The lowest BCUT2D eigenvalue weighted by molar-refractivity contribution is -0.117. The predicted octanol–water partition coefficient (Wildman–Crippen LogP) is 2.88. The van der Waals surface area contributed by atoms with Crippen molar-refractivity contribution in [3.05, 3.63) is 43.0 Å². The molecule has 2 N–H and O–H groups in total. The number of nitrogens with one attached hydrogen (secondary N) is 2. The number of benzene rings is 1. The Hall–Kier alpha value is -2.34. The van der Waals surface area contributed by atoms with Gasteiger partial charge in [-0.3, -0.25) is 4.79 Å². The van der Waals surface area contributed by atoms with E-state index in [1.54, 1.807) is 0 Å². The van der Waals surface area contributed by atoms with Crippen LogP contribution < -0.4 is 15.5 Å². The molecule has 2 aromatic rings. The van der Waals surface area contributed by atoms with Gasteiger partial charge in [0.05, 0.1) is 6.33 Å². The van der Waals surface area contributed by atoms with Gasteiger partial charge in [0.15, 0.2) is 0 Å². The van der Waals surface area contributed by atoms with Gasteiger partial charge in [0.2, 0.25) is 5.91 Å². The Morgan fingerprint density at radius 3 is 2.78 bits per heavy atom. The Kier molecular flexibility index (Phi) is 5.72. The molecule has 0 radical (unpaired) electrons. The number of carbonyl (C=O) groups excluding carboxylic acids is 1. The zero-order valence-corrected chi connectivity index (χ0v) is 15.8. The van der Waals surface area contributed by atoms with E-state index in [1.807, 2.05) is 30.9 Å². The second kappa shape index (κ2) is 8.57. The summed E-state index contributed by atoms with van der Waals surface area (Å²) in [5.74, 6) is 0.412. The molecule has 0 unspecified atom stereocenters. The number of hydrogen-bond acceptors (Lipinski definition) is 4. The van der Waals surface area contributed by atoms with Crippen molar-refractivity contribution in [3.63, 3.8) is 0 Å². The molecule has 4 rings (SSSR count). The average molecular weight is 367 g/mol. The van der Waals surface area contributed by atoms with Crippen LogP contribution in [0.15, 0.2) is 43.0 Å². The van der Waals surface area contributed by atoms with Crippen molar-refractivity contribution in [2.75, 3.05) is 29.9 Å². The van der Waals surface area contributed by atoms with E-state index in [0.29, 0.717) is 6.04 Å². The van der Waals surface area contributed by atoms with Crippen molar-refractivity contribution >= 4 is 17.3 Å². The summed E-state index contributed by atoms with van der Waals surface area (Å²) in [6.07, 6.45) is 11.2. The van der Waals surface area contributed by atoms with Crippen LogP contribution in [0.5, 0.6) is 0 Å². The SMILES string of the molecule is O=C(Nc1cccc(N2CCC(NCCCn3ccnc3)CC2)c1)C1CC1. The summed E-state index contributed by atoms with van der Waals surface area (Å²) in [7, 11) is 0. The molecule has 1 aliphatic heterocycles. The zero-order chi connectivity index (χ0) is 18.5. The summed E-state index contributed by atoms with van der Waals surface area (Å²) in [5.41, 5.74) is 2.13. The predicted molar refractivity (Wildman–Crippen MR) is 108 cm³/mol. The van der Waals surface area contributed by atoms with Gasteiger partial charge in [-0.05, 0) is 56.8 Å². The third-order valence-electron chi connectivity index (χ3n) is 5.51. The molecule has 0 atom stereocenters. The first-order chi connectivity index (χ1) is 13.3. The van der Waals surface area contributed by atoms with Crippen LogP contribution in [-0.2, 0) is 11.3 Å². The summed E-state index contributed by atoms with van der Waals surface area (Å²) in [6.45, 7) is 4.18. The van der Waals surface area contributed by atoms with Crippen LogP contribution in [0.4, 0.5) is 11.4 Å². The largest absolute Gasteiger partial charge is 0.371 e. The monoisotopic (exact) mass is 367 g/mol. The fourth-order valence-corrected chi connectivity index (χ4v) is 3.70. The van der Waals surface area contributed by atoms with Crippen molar-refractivity contribution in [1.29, 1.82) is 0 Å². The van der Waals surface area contributed by atoms with Gasteiger partial charge in [0, 0.05) is 55.4 Å². The van der Waals surface area contributed by atoms with Crippen molar-refractivity contribution in [2.45, 2.75) is 44.7 Å². The first-order valence-corrected chi connectivity index (χ1v) is 10.1. The number of amides is 1. The Morgan fingerprint density at radius 2 is 2.04 bits per heavy atom. The van der Waals surface area contributed by atoms with E-state index in [1.165, 1.54) is 5.69 Å². The van der Waals surface area contributed by atoms with Gasteiger partial charge in [-0.2, -0.15) is 0 Å². The van der Waals surface area contributed by atoms with E-state index in [2.05, 4.69) is 37.2 Å². The molecule has 1 aromatic carbocycles. The first-order valence-electron chi connectivity index (χ1n) is 10.1. The van der Waals surface area contributed by atoms with Crippen LogP contribution in [-0.4, -0.2) is 41.1 Å². The number of anilines is 2. The average Bonchev–Trinajstić information content (AvgIpc) is 3.43. The van der Waals surface area contributed by atoms with Gasteiger partial charge in [-0.25, -0.2) is 4.98 Å². The molecule has 27 heavy (non-hydrogen) atoms. The lowest BCUT2D eigenvalue weighted by Crippen LogP contribution is -2.43. The smallest absolute Gasteiger partial charge is 0.227 e. The summed E-state index contributed by atoms with van der Waals surface area (Å²) in [6, 6.07) is 8.88. The van der Waals surface area contributed by atoms with Crippen LogP contribution in [0, 0.1) is 5.92 Å². The van der Waals surface area contributed by atoms with E-state index < -0.39 is 0 Å². The molecule has 1 saturated heterocycles. The highest BCUT2D eigenvalue weighted by Gasteiger charge is 2.29. The van der Waals surface area contributed by atoms with Gasteiger partial charge >= 0.3 is 0 Å². The zero-order valence-electron chi connectivity index (χ0n) is 15.8. The number of aryl methyl sites for hydroxylation is 1. The van der Waals surface area contributed by atoms with E-state index in [0.717, 1.165) is 64.0 Å². The number of nitrogens with zero attached hydrogens (tertiary/aromatic N) is 3. The summed E-state index contributed by atoms with van der Waals surface area (Å²) in [5, 5.41) is 6.75. The molecule has 0 bridgehead atoms. The van der Waals surface area contributed by atoms with E-state index in [4.69, 9.17) is 0 Å². The second-order valence-electron chi connectivity index (χ2n) is 7.68. The highest BCUT2D eigenvalue weighted by Crippen LogP contribution is 2.31. The van der Waals surface area contributed by atoms with Crippen LogP contribution in [0.1, 0.15) is 32.1 Å². The molecule has 0 spiro atoms. The van der Waals surface area contributed by atoms with E-state index in [-0.39, 0.29) is 11.8 Å². The van der Waals surface area contributed by atoms with Gasteiger partial charge in [-0.1, -0.05) is 6.07 Å². The normalized spacial score (nSPS) is 17.9. The van der Waals surface area contributed by atoms with E-state index in [9.17, 15) is 4.79 Å². The molecular weight excluding hydrogens is 338 g/mol. The molecule has 1 aliphatic carbocycles. The highest BCUT2D eigenvalue weighted by atomic mass is 16.2. The van der Waals surface area contributed by atoms with Crippen molar-refractivity contribution in [3.8, 4) is 0 Å². The molecule has 1 saturated carbocycles. The summed E-state index contributed by atoms with van der Waals surface area (Å²) < 4.78 is 2.12. The van der Waals surface area contributed by atoms with Gasteiger partial charge in [-0.15, -0.1) is 0 Å². The fourth-order valence-electron chi connectivity index (χ4n) is 3.70. The molecule has 1 aromatic heterocycles. The van der Waals surface area contributed by atoms with E-state index >= 15 is 0 Å². The molecular formula is C21H29N5O. The fraction of sp³-hybridized carbons (Fsp3) is 0.524. The lowest BCUT2D eigenvalue weighted by Gasteiger charge is -2.34. The van der Waals surface area contributed by atoms with Gasteiger partial charge in [0.25, 0.3) is 0 Å². The minimum atomic E-state index is 0.172. The van der Waals surface area contributed by atoms with Crippen molar-refractivity contribution in [1.82, 2.24) is 14.9 Å². The van der Waals surface area contributed by atoms with Gasteiger partial charge < -0.3 is 20.1 Å². The topological polar surface area (TPSA) is 62.2 Å². The number of rotatable bonds is 8. The molecule has 2 heterocycles. The molecule has 2 aliphatic rings. The summed E-state index contributed by atoms with van der Waals surface area (Å²) in [4.78, 5) is 18.5. The molecule has 1 amide bonds. The Bertz CT molecular complexity index is 733. The Morgan fingerprint density at radius 1 is 1.19 bits per heavy atom. The minimum Gasteiger partial charge on any atom is -0.371 e. The number of aromatic nitrogens is 2. The first kappa shape index (κ1) is 18.0. The third kappa shape index (κ3) is 5.10. The molecule has 6 nitrogen and oxygen atoms in total. The molecule has 6 heteroatoms. The Balaban J connectivity index is 1.20. The standard InChI is InChI=1S/C21H29N5O/c27-21(17-5-6-17)24-19-3-1-4-20(15-19)26-12-7-18(8-13-26)23-9-2-11-25-14-10-22-16-25/h1,3-4,10,14-18,23H,2,5-9,11-13H2,(H,24,27). The maximum atomic E-state index is 12.0. The minimum absolute atomic E-state index is 0.172. The number of hydrogen-bond donors (Lipinski definition) is 2. The summed E-state index contributed by atoms with van der Waals surface area (Å²) >= 11 is 0. The number of piperidine rings is 1. The molecule has 144 valence electrons. The quantitative estimate of drug-likeness (QED) is 0.705. The third-order valence-corrected chi connectivity index (χ3v) is 5.51. The van der Waals surface area contributed by atoms with Crippen LogP contribution >= 0.6 is 0 Å². The van der Waals surface area contributed by atoms with Gasteiger partial charge in [0.1, 0.15) is 0 Å². The maximum Gasteiger partial charge on any atom is 0.227 e. The lowest BCUT2D eigenvalue weighted by atomic mass is 10.0. The van der Waals surface area contributed by atoms with Crippen molar-refractivity contribution in [2.24, 2.45) is 5.92 Å².